The van der Waals surface area contributed by atoms with Gasteiger partial charge in [-0.15, -0.1) is 6.58 Å². The smallest absolute Gasteiger partial charge is 0.337 e. The number of aromatic nitrogens is 3. The zero-order valence-corrected chi connectivity index (χ0v) is 18.2. The normalized spacial score (nSPS) is 12.7. The van der Waals surface area contributed by atoms with Gasteiger partial charge in [-0.2, -0.15) is 9.97 Å². The molecule has 2 aromatic heterocycles. The third-order valence-corrected chi connectivity index (χ3v) is 5.55. The van der Waals surface area contributed by atoms with E-state index in [-0.39, 0.29) is 18.2 Å². The van der Waals surface area contributed by atoms with Crippen LogP contribution in [0.2, 0.25) is 0 Å². The summed E-state index contributed by atoms with van der Waals surface area (Å²) in [5, 5.41) is 0.579. The molecule has 3 rings (SSSR count). The van der Waals surface area contributed by atoms with Crippen molar-refractivity contribution in [2.45, 2.75) is 25.2 Å². The Bertz CT molecular complexity index is 1190. The number of nitrogens with two attached hydrogens (primary N) is 2. The summed E-state index contributed by atoms with van der Waals surface area (Å²) in [5.74, 6) is -0.650. The number of anilines is 2. The zero-order valence-electron chi connectivity index (χ0n) is 18.2. The van der Waals surface area contributed by atoms with Crippen molar-refractivity contribution >= 4 is 34.7 Å². The molecule has 0 amide bonds. The molecule has 9 nitrogen and oxygen atoms in total. The lowest BCUT2D eigenvalue weighted by atomic mass is 9.72. The highest BCUT2D eigenvalue weighted by atomic mass is 16.5. The number of allylic oxidation sites excluding steroid dienone is 1. The van der Waals surface area contributed by atoms with Crippen molar-refractivity contribution in [2.24, 2.45) is 0 Å². The van der Waals surface area contributed by atoms with E-state index in [4.69, 9.17) is 20.9 Å². The fraction of sp³-hybridized carbons (Fsp3) is 0.261. The minimum Gasteiger partial charge on any atom is -0.468 e. The third kappa shape index (κ3) is 3.96. The van der Waals surface area contributed by atoms with Crippen molar-refractivity contribution in [3.05, 3.63) is 65.4 Å². The summed E-state index contributed by atoms with van der Waals surface area (Å²) >= 11 is 0. The number of benzene rings is 1. The molecule has 1 unspecified atom stereocenters. The number of carbonyl (C=O) groups is 2. The molecular weight excluding hydrogens is 410 g/mol. The molecule has 0 saturated heterocycles. The van der Waals surface area contributed by atoms with Crippen LogP contribution in [0.4, 0.5) is 11.8 Å². The van der Waals surface area contributed by atoms with Gasteiger partial charge in [0.1, 0.15) is 11.2 Å². The third-order valence-electron chi connectivity index (χ3n) is 5.55. The van der Waals surface area contributed by atoms with E-state index in [1.807, 2.05) is 6.92 Å². The maximum atomic E-state index is 13.1. The van der Waals surface area contributed by atoms with Gasteiger partial charge in [-0.05, 0) is 48.6 Å². The van der Waals surface area contributed by atoms with E-state index < -0.39 is 17.4 Å². The molecule has 0 aliphatic carbocycles. The van der Waals surface area contributed by atoms with Crippen LogP contribution in [-0.2, 0) is 26.1 Å². The van der Waals surface area contributed by atoms with Gasteiger partial charge < -0.3 is 20.9 Å². The molecular formula is C23H25N5O4. The topological polar surface area (TPSA) is 143 Å². The molecule has 166 valence electrons. The van der Waals surface area contributed by atoms with E-state index in [9.17, 15) is 9.59 Å². The lowest BCUT2D eigenvalue weighted by Crippen LogP contribution is -2.39. The molecule has 0 aliphatic heterocycles. The Labute approximate surface area is 185 Å². The first kappa shape index (κ1) is 22.7. The van der Waals surface area contributed by atoms with E-state index in [2.05, 4.69) is 21.5 Å². The first-order chi connectivity index (χ1) is 15.3. The molecule has 1 aromatic carbocycles. The Morgan fingerprint density at radius 2 is 1.81 bits per heavy atom. The summed E-state index contributed by atoms with van der Waals surface area (Å²) in [5.41, 5.74) is 13.6. The lowest BCUT2D eigenvalue weighted by Gasteiger charge is -2.31. The highest BCUT2D eigenvalue weighted by molar-refractivity contribution is 5.91. The minimum absolute atomic E-state index is 0.0379. The van der Waals surface area contributed by atoms with Gasteiger partial charge in [-0.25, -0.2) is 9.78 Å². The second-order valence-corrected chi connectivity index (χ2v) is 7.39. The second-order valence-electron chi connectivity index (χ2n) is 7.39. The predicted octanol–water partition coefficient (Wildman–Crippen LogP) is 2.51. The van der Waals surface area contributed by atoms with Gasteiger partial charge in [0.2, 0.25) is 5.95 Å². The molecule has 0 saturated carbocycles. The average molecular weight is 435 g/mol. The van der Waals surface area contributed by atoms with Gasteiger partial charge in [0.05, 0.1) is 25.2 Å². The number of nitrogens with zero attached hydrogens (tertiary/aromatic N) is 3. The Morgan fingerprint density at radius 1 is 1.12 bits per heavy atom. The minimum atomic E-state index is -1.10. The fourth-order valence-electron chi connectivity index (χ4n) is 3.89. The number of methoxy groups -OCH3 is 2. The molecule has 9 heteroatoms. The standard InChI is InChI=1S/C23H25N5O4/c1-5-10-23(21(30)32-4,16-8-6-14(7-9-16)20(29)31-3)11-15-12-26-19-17(13(15)2)18(24)27-22(25)28-19/h5-9,12H,1,10-11H2,2-4H3,(H4,24,25,26,27,28). The summed E-state index contributed by atoms with van der Waals surface area (Å²) in [7, 11) is 2.65. The highest BCUT2D eigenvalue weighted by Gasteiger charge is 2.41. The molecule has 0 spiro atoms. The van der Waals surface area contributed by atoms with Crippen molar-refractivity contribution < 1.29 is 19.1 Å². The first-order valence-electron chi connectivity index (χ1n) is 9.82. The van der Waals surface area contributed by atoms with Crippen LogP contribution in [0.25, 0.3) is 11.0 Å². The number of ether oxygens (including phenoxy) is 2. The Hall–Kier alpha value is -4.01. The average Bonchev–Trinajstić information content (AvgIpc) is 2.79. The lowest BCUT2D eigenvalue weighted by molar-refractivity contribution is -0.147. The Kier molecular flexibility index (Phi) is 6.38. The molecule has 3 aromatic rings. The van der Waals surface area contributed by atoms with Crippen molar-refractivity contribution in [3.8, 4) is 0 Å². The summed E-state index contributed by atoms with van der Waals surface area (Å²) < 4.78 is 9.96. The quantitative estimate of drug-likeness (QED) is 0.422. The van der Waals surface area contributed by atoms with Crippen LogP contribution in [-0.4, -0.2) is 41.1 Å². The van der Waals surface area contributed by atoms with Gasteiger partial charge in [0, 0.05) is 6.20 Å². The van der Waals surface area contributed by atoms with Crippen LogP contribution in [0.5, 0.6) is 0 Å². The molecule has 0 bridgehead atoms. The number of hydrogen-bond acceptors (Lipinski definition) is 9. The van der Waals surface area contributed by atoms with Gasteiger partial charge in [-0.3, -0.25) is 4.79 Å². The predicted molar refractivity (Wildman–Crippen MR) is 121 cm³/mol. The van der Waals surface area contributed by atoms with Gasteiger partial charge in [-0.1, -0.05) is 18.2 Å². The van der Waals surface area contributed by atoms with Gasteiger partial charge in [0.25, 0.3) is 0 Å². The van der Waals surface area contributed by atoms with Crippen LogP contribution in [0.3, 0.4) is 0 Å². The number of fused-ring (bicyclic) bond motifs is 1. The van der Waals surface area contributed by atoms with Crippen molar-refractivity contribution in [2.75, 3.05) is 25.7 Å². The zero-order chi connectivity index (χ0) is 23.5. The van der Waals surface area contributed by atoms with E-state index in [0.717, 1.165) is 11.1 Å². The molecule has 32 heavy (non-hydrogen) atoms. The number of nitrogen functional groups attached to an aromatic ring is 2. The molecule has 0 aliphatic rings. The van der Waals surface area contributed by atoms with Crippen LogP contribution in [0, 0.1) is 6.92 Å². The largest absolute Gasteiger partial charge is 0.468 e. The number of pyridine rings is 1. The molecule has 1 atom stereocenters. The second kappa shape index (κ2) is 9.01. The number of hydrogen-bond donors (Lipinski definition) is 2. The van der Waals surface area contributed by atoms with Crippen molar-refractivity contribution in [1.82, 2.24) is 15.0 Å². The maximum absolute atomic E-state index is 13.1. The maximum Gasteiger partial charge on any atom is 0.337 e. The van der Waals surface area contributed by atoms with Crippen molar-refractivity contribution in [3.63, 3.8) is 0 Å². The van der Waals surface area contributed by atoms with Crippen LogP contribution < -0.4 is 11.5 Å². The summed E-state index contributed by atoms with van der Waals surface area (Å²) in [6.07, 6.45) is 3.85. The number of esters is 2. The molecule has 4 N–H and O–H groups in total. The Balaban J connectivity index is 2.17. The first-order valence-corrected chi connectivity index (χ1v) is 9.82. The fourth-order valence-corrected chi connectivity index (χ4v) is 3.89. The highest BCUT2D eigenvalue weighted by Crippen LogP contribution is 2.36. The summed E-state index contributed by atoms with van der Waals surface area (Å²) in [6, 6.07) is 6.66. The van der Waals surface area contributed by atoms with Crippen LogP contribution in [0.15, 0.2) is 43.1 Å². The van der Waals surface area contributed by atoms with Gasteiger partial charge in [0.15, 0.2) is 5.65 Å². The van der Waals surface area contributed by atoms with E-state index >= 15 is 0 Å². The van der Waals surface area contributed by atoms with E-state index in [1.165, 1.54) is 14.2 Å². The molecule has 0 fully saturated rings. The Morgan fingerprint density at radius 3 is 2.41 bits per heavy atom. The number of rotatable bonds is 7. The number of carbonyl (C=O) groups excluding carboxylic acids is 2. The molecule has 0 radical (unpaired) electrons. The van der Waals surface area contributed by atoms with Crippen LogP contribution >= 0.6 is 0 Å². The van der Waals surface area contributed by atoms with E-state index in [0.29, 0.717) is 28.6 Å². The molecule has 2 heterocycles. The number of aryl methyl sites for hydroxylation is 1. The summed E-state index contributed by atoms with van der Waals surface area (Å²) in [4.78, 5) is 37.5. The summed E-state index contributed by atoms with van der Waals surface area (Å²) in [6.45, 7) is 5.70. The monoisotopic (exact) mass is 435 g/mol. The SMILES string of the molecule is C=CCC(Cc1cnc2nc(N)nc(N)c2c1C)(C(=O)OC)c1ccc(C(=O)OC)cc1. The van der Waals surface area contributed by atoms with E-state index in [1.54, 1.807) is 36.5 Å². The van der Waals surface area contributed by atoms with Gasteiger partial charge >= 0.3 is 11.9 Å². The van der Waals surface area contributed by atoms with Crippen LogP contribution in [0.1, 0.15) is 33.5 Å². The van der Waals surface area contributed by atoms with Crippen molar-refractivity contribution in [1.29, 1.82) is 0 Å².